The number of carbonyl (C=O) groups excluding carboxylic acids is 1. The fraction of sp³-hybridized carbons (Fsp3) is 0.500. The molecule has 0 aliphatic carbocycles. The predicted molar refractivity (Wildman–Crippen MR) is 79.7 cm³/mol. The molecular weight excluding hydrogens is 292 g/mol. The lowest BCUT2D eigenvalue weighted by atomic mass is 10.0. The molecule has 0 heterocycles. The maximum absolute atomic E-state index is 11.7. The molecule has 1 rings (SSSR count). The minimum absolute atomic E-state index is 0.00661. The van der Waals surface area contributed by atoms with Gasteiger partial charge in [-0.05, 0) is 40.5 Å². The summed E-state index contributed by atoms with van der Waals surface area (Å²) in [6.45, 7) is 5.61. The molecule has 1 aromatic carbocycles. The number of hydrogen-bond donors (Lipinski definition) is 2. The molecule has 0 aliphatic heterocycles. The summed E-state index contributed by atoms with van der Waals surface area (Å²) < 4.78 is 0.901. The Kier molecular flexibility index (Phi) is 6.98. The number of rotatable bonds is 7. The van der Waals surface area contributed by atoms with E-state index in [0.717, 1.165) is 29.5 Å². The fourth-order valence-corrected chi connectivity index (χ4v) is 2.11. The van der Waals surface area contributed by atoms with Crippen molar-refractivity contribution in [2.45, 2.75) is 26.7 Å². The zero-order valence-electron chi connectivity index (χ0n) is 11.0. The summed E-state index contributed by atoms with van der Waals surface area (Å²) in [6.07, 6.45) is 2.30. The summed E-state index contributed by atoms with van der Waals surface area (Å²) in [5.74, 6) is 0.647. The van der Waals surface area contributed by atoms with Crippen LogP contribution in [0.3, 0.4) is 0 Å². The third kappa shape index (κ3) is 5.19. The Balaban J connectivity index is 2.32. The van der Waals surface area contributed by atoms with Crippen LogP contribution in [0.1, 0.15) is 26.7 Å². The van der Waals surface area contributed by atoms with Gasteiger partial charge in [0.05, 0.1) is 12.2 Å². The predicted octanol–water partition coefficient (Wildman–Crippen LogP) is 3.41. The van der Waals surface area contributed by atoms with Crippen molar-refractivity contribution < 1.29 is 4.79 Å². The Hall–Kier alpha value is -0.870. The number of anilines is 1. The Morgan fingerprint density at radius 1 is 1.28 bits per heavy atom. The monoisotopic (exact) mass is 312 g/mol. The van der Waals surface area contributed by atoms with E-state index >= 15 is 0 Å². The first kappa shape index (κ1) is 15.2. The summed E-state index contributed by atoms with van der Waals surface area (Å²) in [6, 6.07) is 7.61. The van der Waals surface area contributed by atoms with E-state index in [4.69, 9.17) is 0 Å². The van der Waals surface area contributed by atoms with E-state index in [0.29, 0.717) is 12.5 Å². The van der Waals surface area contributed by atoms with E-state index in [1.807, 2.05) is 24.3 Å². The van der Waals surface area contributed by atoms with Crippen molar-refractivity contribution in [3.63, 3.8) is 0 Å². The van der Waals surface area contributed by atoms with Crippen molar-refractivity contribution in [1.82, 2.24) is 5.32 Å². The first-order valence-electron chi connectivity index (χ1n) is 6.42. The lowest BCUT2D eigenvalue weighted by Crippen LogP contribution is -2.31. The highest BCUT2D eigenvalue weighted by atomic mass is 79.9. The molecule has 0 saturated carbocycles. The number of carbonyl (C=O) groups is 1. The van der Waals surface area contributed by atoms with E-state index in [2.05, 4.69) is 40.4 Å². The molecule has 0 spiro atoms. The van der Waals surface area contributed by atoms with Crippen LogP contribution in [0, 0.1) is 5.92 Å². The zero-order valence-corrected chi connectivity index (χ0v) is 12.6. The van der Waals surface area contributed by atoms with Crippen LogP contribution >= 0.6 is 15.9 Å². The number of hydrogen-bond acceptors (Lipinski definition) is 2. The normalized spacial score (nSPS) is 10.7. The van der Waals surface area contributed by atoms with Crippen LogP contribution in [-0.4, -0.2) is 19.0 Å². The smallest absolute Gasteiger partial charge is 0.238 e. The Morgan fingerprint density at radius 2 is 1.94 bits per heavy atom. The fourth-order valence-electron chi connectivity index (χ4n) is 1.72. The minimum Gasteiger partial charge on any atom is -0.324 e. The van der Waals surface area contributed by atoms with Gasteiger partial charge in [-0.15, -0.1) is 0 Å². The first-order chi connectivity index (χ1) is 8.67. The molecule has 3 nitrogen and oxygen atoms in total. The molecule has 0 bridgehead atoms. The van der Waals surface area contributed by atoms with Gasteiger partial charge in [0.15, 0.2) is 0 Å². The van der Waals surface area contributed by atoms with Crippen LogP contribution in [-0.2, 0) is 4.79 Å². The van der Waals surface area contributed by atoms with Gasteiger partial charge in [0.1, 0.15) is 0 Å². The molecule has 18 heavy (non-hydrogen) atoms. The third-order valence-electron chi connectivity index (χ3n) is 3.02. The van der Waals surface area contributed by atoms with Crippen molar-refractivity contribution in [1.29, 1.82) is 0 Å². The number of amides is 1. The van der Waals surface area contributed by atoms with Crippen molar-refractivity contribution >= 4 is 27.5 Å². The molecule has 1 amide bonds. The van der Waals surface area contributed by atoms with E-state index in [1.165, 1.54) is 0 Å². The van der Waals surface area contributed by atoms with Crippen LogP contribution in [0.15, 0.2) is 28.7 Å². The van der Waals surface area contributed by atoms with E-state index in [-0.39, 0.29) is 5.91 Å². The highest BCUT2D eigenvalue weighted by Crippen LogP contribution is 2.20. The maximum Gasteiger partial charge on any atom is 0.238 e. The Labute approximate surface area is 117 Å². The number of para-hydroxylation sites is 1. The van der Waals surface area contributed by atoms with E-state index in [9.17, 15) is 4.79 Å². The van der Waals surface area contributed by atoms with Gasteiger partial charge in [-0.3, -0.25) is 4.79 Å². The number of benzene rings is 1. The van der Waals surface area contributed by atoms with Gasteiger partial charge < -0.3 is 10.6 Å². The Bertz CT molecular complexity index is 378. The summed E-state index contributed by atoms with van der Waals surface area (Å²) in [7, 11) is 0. The third-order valence-corrected chi connectivity index (χ3v) is 3.71. The average Bonchev–Trinajstić information content (AvgIpc) is 2.37. The summed E-state index contributed by atoms with van der Waals surface area (Å²) in [5, 5.41) is 6.07. The van der Waals surface area contributed by atoms with Gasteiger partial charge in [0, 0.05) is 4.47 Å². The van der Waals surface area contributed by atoms with Crippen molar-refractivity contribution in [2.24, 2.45) is 5.92 Å². The zero-order chi connectivity index (χ0) is 13.4. The molecule has 100 valence electrons. The second-order valence-corrected chi connectivity index (χ2v) is 5.20. The van der Waals surface area contributed by atoms with E-state index < -0.39 is 0 Å². The van der Waals surface area contributed by atoms with Gasteiger partial charge in [-0.2, -0.15) is 0 Å². The Morgan fingerprint density at radius 3 is 2.56 bits per heavy atom. The van der Waals surface area contributed by atoms with Crippen LogP contribution < -0.4 is 10.6 Å². The van der Waals surface area contributed by atoms with Crippen LogP contribution in [0.25, 0.3) is 0 Å². The summed E-state index contributed by atoms with van der Waals surface area (Å²) in [4.78, 5) is 11.7. The van der Waals surface area contributed by atoms with Crippen LogP contribution in [0.2, 0.25) is 0 Å². The molecule has 0 atom stereocenters. The molecule has 4 heteroatoms. The molecular formula is C14H21BrN2O. The number of halogens is 1. The molecule has 0 aromatic heterocycles. The topological polar surface area (TPSA) is 41.1 Å². The standard InChI is InChI=1S/C14H21BrN2O/c1-3-11(4-2)9-16-10-14(18)17-13-8-6-5-7-12(13)15/h5-8,11,16H,3-4,9-10H2,1-2H3,(H,17,18). The maximum atomic E-state index is 11.7. The van der Waals surface area contributed by atoms with E-state index in [1.54, 1.807) is 0 Å². The van der Waals surface area contributed by atoms with Crippen LogP contribution in [0.5, 0.6) is 0 Å². The second kappa shape index (κ2) is 8.27. The quantitative estimate of drug-likeness (QED) is 0.810. The largest absolute Gasteiger partial charge is 0.324 e. The molecule has 0 aliphatic rings. The average molecular weight is 313 g/mol. The summed E-state index contributed by atoms with van der Waals surface area (Å²) in [5.41, 5.74) is 0.812. The van der Waals surface area contributed by atoms with Gasteiger partial charge in [0.2, 0.25) is 5.91 Å². The highest BCUT2D eigenvalue weighted by molar-refractivity contribution is 9.10. The minimum atomic E-state index is -0.00661. The molecule has 2 N–H and O–H groups in total. The van der Waals surface area contributed by atoms with Crippen molar-refractivity contribution in [3.8, 4) is 0 Å². The first-order valence-corrected chi connectivity index (χ1v) is 7.21. The van der Waals surface area contributed by atoms with Crippen molar-refractivity contribution in [2.75, 3.05) is 18.4 Å². The number of nitrogens with one attached hydrogen (secondary N) is 2. The molecule has 0 fully saturated rings. The molecule has 1 aromatic rings. The molecule has 0 saturated heterocycles. The van der Waals surface area contributed by atoms with Crippen LogP contribution in [0.4, 0.5) is 5.69 Å². The van der Waals surface area contributed by atoms with Gasteiger partial charge in [0.25, 0.3) is 0 Å². The second-order valence-electron chi connectivity index (χ2n) is 4.34. The molecule has 0 radical (unpaired) electrons. The SMILES string of the molecule is CCC(CC)CNCC(=O)Nc1ccccc1Br. The summed E-state index contributed by atoms with van der Waals surface area (Å²) >= 11 is 3.40. The lowest BCUT2D eigenvalue weighted by Gasteiger charge is -2.13. The van der Waals surface area contributed by atoms with Gasteiger partial charge in [-0.1, -0.05) is 38.8 Å². The lowest BCUT2D eigenvalue weighted by molar-refractivity contribution is -0.115. The van der Waals surface area contributed by atoms with Crippen molar-refractivity contribution in [3.05, 3.63) is 28.7 Å². The highest BCUT2D eigenvalue weighted by Gasteiger charge is 2.06. The van der Waals surface area contributed by atoms with Gasteiger partial charge in [-0.25, -0.2) is 0 Å². The van der Waals surface area contributed by atoms with Gasteiger partial charge >= 0.3 is 0 Å². The molecule has 0 unspecified atom stereocenters.